The summed E-state index contributed by atoms with van der Waals surface area (Å²) in [4.78, 5) is 13.5. The van der Waals surface area contributed by atoms with Crippen LogP contribution in [0.25, 0.3) is 11.3 Å². The summed E-state index contributed by atoms with van der Waals surface area (Å²) in [5.74, 6) is 0.117. The van der Waals surface area contributed by atoms with Crippen LogP contribution in [0.15, 0.2) is 24.4 Å². The van der Waals surface area contributed by atoms with Crippen LogP contribution >= 0.6 is 0 Å². The van der Waals surface area contributed by atoms with Crippen LogP contribution in [0.2, 0.25) is 0 Å². The first-order valence-electron chi connectivity index (χ1n) is 9.13. The number of methoxy groups -OCH3 is 1. The molecule has 1 fully saturated rings. The van der Waals surface area contributed by atoms with Gasteiger partial charge in [-0.1, -0.05) is 0 Å². The van der Waals surface area contributed by atoms with Gasteiger partial charge in [0.25, 0.3) is 0 Å². The largest absolute Gasteiger partial charge is 0.497 e. The highest BCUT2D eigenvalue weighted by Gasteiger charge is 2.23. The minimum Gasteiger partial charge on any atom is -0.497 e. The fraction of sp³-hybridized carbons (Fsp3) is 0.474. The molecule has 1 aromatic carbocycles. The molecule has 27 heavy (non-hydrogen) atoms. The maximum absolute atomic E-state index is 14.4. The summed E-state index contributed by atoms with van der Waals surface area (Å²) in [6.45, 7) is 4.10. The molecule has 0 saturated carbocycles. The molecule has 1 aliphatic heterocycles. The predicted octanol–water partition coefficient (Wildman–Crippen LogP) is 2.93. The molecule has 8 heteroatoms. The fourth-order valence-corrected chi connectivity index (χ4v) is 3.24. The van der Waals surface area contributed by atoms with E-state index in [-0.39, 0.29) is 11.9 Å². The Kier molecular flexibility index (Phi) is 6.28. The third-order valence-corrected chi connectivity index (χ3v) is 4.77. The number of piperidine rings is 1. The Balaban J connectivity index is 1.58. The summed E-state index contributed by atoms with van der Waals surface area (Å²) >= 11 is 0. The lowest BCUT2D eigenvalue weighted by Gasteiger charge is -2.31. The Bertz CT molecular complexity index is 772. The molecule has 146 valence electrons. The summed E-state index contributed by atoms with van der Waals surface area (Å²) in [5.41, 5.74) is 2.01. The molecule has 2 N–H and O–H groups in total. The van der Waals surface area contributed by atoms with Gasteiger partial charge in [-0.25, -0.2) is 9.18 Å². The van der Waals surface area contributed by atoms with Crippen LogP contribution in [-0.4, -0.2) is 54.0 Å². The summed E-state index contributed by atoms with van der Waals surface area (Å²) in [6.07, 6.45) is 3.16. The predicted molar refractivity (Wildman–Crippen MR) is 99.0 cm³/mol. The number of halogens is 1. The smallest absolute Gasteiger partial charge is 0.409 e. The number of benzene rings is 1. The van der Waals surface area contributed by atoms with Crippen LogP contribution in [-0.2, 0) is 11.3 Å². The second-order valence-corrected chi connectivity index (χ2v) is 6.46. The third kappa shape index (κ3) is 4.57. The SMILES string of the molecule is CCOC(=O)N1CCC(NCc2cn[nH]c2-c2ccc(OC)cc2F)CC1. The second kappa shape index (κ2) is 8.85. The molecule has 7 nitrogen and oxygen atoms in total. The van der Waals surface area contributed by atoms with E-state index in [0.29, 0.717) is 49.3 Å². The zero-order valence-corrected chi connectivity index (χ0v) is 15.6. The molecule has 0 unspecified atom stereocenters. The molecule has 0 aliphatic carbocycles. The number of likely N-dealkylation sites (tertiary alicyclic amines) is 1. The number of aromatic nitrogens is 2. The molecule has 2 heterocycles. The topological polar surface area (TPSA) is 79.5 Å². The highest BCUT2D eigenvalue weighted by Crippen LogP contribution is 2.27. The van der Waals surface area contributed by atoms with Gasteiger partial charge in [0, 0.05) is 42.9 Å². The Morgan fingerprint density at radius 3 is 2.85 bits per heavy atom. The molecule has 0 atom stereocenters. The van der Waals surface area contributed by atoms with Gasteiger partial charge in [-0.2, -0.15) is 5.10 Å². The zero-order valence-electron chi connectivity index (χ0n) is 15.6. The normalized spacial score (nSPS) is 15.0. The molecular formula is C19H25FN4O3. The van der Waals surface area contributed by atoms with Crippen molar-refractivity contribution in [1.82, 2.24) is 20.4 Å². The number of aromatic amines is 1. The third-order valence-electron chi connectivity index (χ3n) is 4.77. The van der Waals surface area contributed by atoms with Crippen molar-refractivity contribution in [2.75, 3.05) is 26.8 Å². The van der Waals surface area contributed by atoms with Crippen molar-refractivity contribution in [1.29, 1.82) is 0 Å². The maximum Gasteiger partial charge on any atom is 0.409 e. The van der Waals surface area contributed by atoms with Gasteiger partial charge in [-0.15, -0.1) is 0 Å². The van der Waals surface area contributed by atoms with Crippen molar-refractivity contribution in [3.63, 3.8) is 0 Å². The number of ether oxygens (including phenoxy) is 2. The molecule has 2 aromatic rings. The lowest BCUT2D eigenvalue weighted by atomic mass is 10.0. The van der Waals surface area contributed by atoms with Crippen molar-refractivity contribution in [2.45, 2.75) is 32.4 Å². The van der Waals surface area contributed by atoms with E-state index in [0.717, 1.165) is 18.4 Å². The van der Waals surface area contributed by atoms with Crippen molar-refractivity contribution in [3.05, 3.63) is 35.8 Å². The van der Waals surface area contributed by atoms with Crippen molar-refractivity contribution < 1.29 is 18.7 Å². The summed E-state index contributed by atoms with van der Waals surface area (Å²) in [5, 5.41) is 10.4. The minimum absolute atomic E-state index is 0.247. The molecule has 1 amide bonds. The van der Waals surface area contributed by atoms with Gasteiger partial charge in [-0.05, 0) is 31.9 Å². The number of carbonyl (C=O) groups excluding carboxylic acids is 1. The van der Waals surface area contributed by atoms with Crippen LogP contribution in [0, 0.1) is 5.82 Å². The quantitative estimate of drug-likeness (QED) is 0.810. The van der Waals surface area contributed by atoms with Gasteiger partial charge in [-0.3, -0.25) is 5.10 Å². The van der Waals surface area contributed by atoms with Crippen molar-refractivity contribution in [3.8, 4) is 17.0 Å². The summed E-state index contributed by atoms with van der Waals surface area (Å²) in [6, 6.07) is 5.06. The van der Waals surface area contributed by atoms with E-state index in [4.69, 9.17) is 9.47 Å². The van der Waals surface area contributed by atoms with E-state index in [9.17, 15) is 9.18 Å². The Labute approximate surface area is 157 Å². The van der Waals surface area contributed by atoms with E-state index in [1.807, 2.05) is 0 Å². The Morgan fingerprint density at radius 1 is 1.41 bits per heavy atom. The van der Waals surface area contributed by atoms with E-state index < -0.39 is 0 Å². The van der Waals surface area contributed by atoms with Gasteiger partial charge in [0.05, 0.1) is 25.6 Å². The standard InChI is InChI=1S/C19H25FN4O3/c1-3-27-19(25)24-8-6-14(7-9-24)21-11-13-12-22-23-18(13)16-5-4-15(26-2)10-17(16)20/h4-5,10,12,14,21H,3,6-9,11H2,1-2H3,(H,22,23). The molecule has 1 aromatic heterocycles. The van der Waals surface area contributed by atoms with E-state index in [2.05, 4.69) is 15.5 Å². The first-order chi connectivity index (χ1) is 13.1. The van der Waals surface area contributed by atoms with Crippen LogP contribution in [0.3, 0.4) is 0 Å². The lowest BCUT2D eigenvalue weighted by molar-refractivity contribution is 0.0950. The van der Waals surface area contributed by atoms with Crippen LogP contribution in [0.5, 0.6) is 5.75 Å². The van der Waals surface area contributed by atoms with Gasteiger partial charge >= 0.3 is 6.09 Å². The molecule has 3 rings (SSSR count). The van der Waals surface area contributed by atoms with Crippen molar-refractivity contribution >= 4 is 6.09 Å². The first kappa shape index (κ1) is 19.2. The highest BCUT2D eigenvalue weighted by molar-refractivity contribution is 5.67. The monoisotopic (exact) mass is 376 g/mol. The zero-order chi connectivity index (χ0) is 19.2. The van der Waals surface area contributed by atoms with Crippen LogP contribution < -0.4 is 10.1 Å². The average molecular weight is 376 g/mol. The molecule has 1 saturated heterocycles. The second-order valence-electron chi connectivity index (χ2n) is 6.46. The first-order valence-corrected chi connectivity index (χ1v) is 9.13. The number of nitrogens with one attached hydrogen (secondary N) is 2. The van der Waals surface area contributed by atoms with Crippen LogP contribution in [0.1, 0.15) is 25.3 Å². The number of amides is 1. The Hall–Kier alpha value is -2.61. The number of H-pyrrole nitrogens is 1. The minimum atomic E-state index is -0.359. The van der Waals surface area contributed by atoms with Crippen LogP contribution in [0.4, 0.5) is 9.18 Å². The molecule has 0 spiro atoms. The lowest BCUT2D eigenvalue weighted by Crippen LogP contribution is -2.44. The molecule has 0 radical (unpaired) electrons. The van der Waals surface area contributed by atoms with Gasteiger partial charge in [0.1, 0.15) is 11.6 Å². The van der Waals surface area contributed by atoms with E-state index in [1.165, 1.54) is 13.2 Å². The van der Waals surface area contributed by atoms with Gasteiger partial charge < -0.3 is 19.7 Å². The average Bonchev–Trinajstić information content (AvgIpc) is 3.15. The number of carbonyl (C=O) groups is 1. The molecule has 1 aliphatic rings. The van der Waals surface area contributed by atoms with Crippen molar-refractivity contribution in [2.24, 2.45) is 0 Å². The maximum atomic E-state index is 14.4. The summed E-state index contributed by atoms with van der Waals surface area (Å²) < 4.78 is 24.4. The molecular weight excluding hydrogens is 351 g/mol. The molecule has 0 bridgehead atoms. The van der Waals surface area contributed by atoms with E-state index >= 15 is 0 Å². The van der Waals surface area contributed by atoms with Gasteiger partial charge in [0.15, 0.2) is 0 Å². The number of hydrogen-bond donors (Lipinski definition) is 2. The number of nitrogens with zero attached hydrogens (tertiary/aromatic N) is 2. The highest BCUT2D eigenvalue weighted by atomic mass is 19.1. The number of rotatable bonds is 6. The van der Waals surface area contributed by atoms with E-state index in [1.54, 1.807) is 30.2 Å². The fourth-order valence-electron chi connectivity index (χ4n) is 3.24. The Morgan fingerprint density at radius 2 is 2.19 bits per heavy atom. The van der Waals surface area contributed by atoms with Gasteiger partial charge in [0.2, 0.25) is 0 Å². The number of hydrogen-bond acceptors (Lipinski definition) is 5. The summed E-state index contributed by atoms with van der Waals surface area (Å²) in [7, 11) is 1.51.